The number of nitrogens with one attached hydrogen (secondary N) is 1. The Hall–Kier alpha value is -2.78. The van der Waals surface area contributed by atoms with Crippen LogP contribution in [0.1, 0.15) is 30.5 Å². The zero-order chi connectivity index (χ0) is 18.1. The fourth-order valence-corrected chi connectivity index (χ4v) is 2.21. The molecule has 2 aromatic rings. The molecule has 1 aromatic carbocycles. The smallest absolute Gasteiger partial charge is 0.232 e. The first-order valence-corrected chi connectivity index (χ1v) is 8.33. The topological polar surface area (TPSA) is 74.3 Å². The molecule has 0 fully saturated rings. The molecule has 1 N–H and O–H groups in total. The largest absolute Gasteiger partial charge is 0.494 e. The van der Waals surface area contributed by atoms with Gasteiger partial charge in [-0.3, -0.25) is 0 Å². The minimum atomic E-state index is 0.274. The van der Waals surface area contributed by atoms with Crippen LogP contribution in [0, 0.1) is 11.3 Å². The van der Waals surface area contributed by atoms with Crippen LogP contribution in [0.15, 0.2) is 28.7 Å². The molecular formula is C19H24N4O2. The zero-order valence-corrected chi connectivity index (χ0v) is 15.0. The first-order chi connectivity index (χ1) is 12.1. The van der Waals surface area contributed by atoms with Gasteiger partial charge in [-0.2, -0.15) is 10.2 Å². The third-order valence-corrected chi connectivity index (χ3v) is 3.43. The van der Waals surface area contributed by atoms with E-state index < -0.39 is 0 Å². The van der Waals surface area contributed by atoms with Gasteiger partial charge in [0, 0.05) is 12.6 Å². The van der Waals surface area contributed by atoms with Gasteiger partial charge in [0.05, 0.1) is 6.61 Å². The average Bonchev–Trinajstić information content (AvgIpc) is 3.00. The molecule has 0 saturated heterocycles. The van der Waals surface area contributed by atoms with Gasteiger partial charge in [0.2, 0.25) is 17.5 Å². The average molecular weight is 340 g/mol. The Kier molecular flexibility index (Phi) is 7.05. The molecule has 0 amide bonds. The second-order valence-corrected chi connectivity index (χ2v) is 5.76. The summed E-state index contributed by atoms with van der Waals surface area (Å²) in [6, 6.07) is 9.79. The van der Waals surface area contributed by atoms with Crippen molar-refractivity contribution in [1.29, 1.82) is 5.26 Å². The van der Waals surface area contributed by atoms with E-state index in [4.69, 9.17) is 9.15 Å². The Morgan fingerprint density at radius 3 is 2.68 bits per heavy atom. The van der Waals surface area contributed by atoms with Crippen molar-refractivity contribution in [3.8, 4) is 11.8 Å². The fourth-order valence-electron chi connectivity index (χ4n) is 2.21. The molecule has 0 atom stereocenters. The maximum atomic E-state index is 9.18. The summed E-state index contributed by atoms with van der Waals surface area (Å²) in [7, 11) is 4.05. The summed E-state index contributed by atoms with van der Waals surface area (Å²) in [4.78, 5) is 6.30. The first-order valence-electron chi connectivity index (χ1n) is 8.33. The summed E-state index contributed by atoms with van der Waals surface area (Å²) < 4.78 is 11.0. The Morgan fingerprint density at radius 2 is 2.04 bits per heavy atom. The molecule has 0 aliphatic rings. The van der Waals surface area contributed by atoms with Crippen molar-refractivity contribution >= 4 is 18.0 Å². The molecule has 1 heterocycles. The Bertz CT molecular complexity index is 727. The lowest BCUT2D eigenvalue weighted by Gasteiger charge is -2.08. The van der Waals surface area contributed by atoms with Crippen LogP contribution in [-0.4, -0.2) is 43.7 Å². The highest BCUT2D eigenvalue weighted by atomic mass is 16.5. The molecule has 6 heteroatoms. The number of rotatable bonds is 9. The summed E-state index contributed by atoms with van der Waals surface area (Å²) >= 11 is 0. The molecule has 2 rings (SSSR count). The van der Waals surface area contributed by atoms with E-state index in [-0.39, 0.29) is 5.69 Å². The van der Waals surface area contributed by atoms with E-state index in [2.05, 4.69) is 21.3 Å². The predicted octanol–water partition coefficient (Wildman–Crippen LogP) is 3.48. The second kappa shape index (κ2) is 9.50. The molecule has 0 aliphatic carbocycles. The highest BCUT2D eigenvalue weighted by Crippen LogP contribution is 2.19. The van der Waals surface area contributed by atoms with Gasteiger partial charge in [0.15, 0.2) is 0 Å². The van der Waals surface area contributed by atoms with Crippen molar-refractivity contribution in [3.05, 3.63) is 41.4 Å². The minimum Gasteiger partial charge on any atom is -0.494 e. The summed E-state index contributed by atoms with van der Waals surface area (Å²) in [6.07, 6.45) is 4.59. The van der Waals surface area contributed by atoms with Crippen LogP contribution in [0.4, 0.5) is 5.88 Å². The minimum absolute atomic E-state index is 0.274. The van der Waals surface area contributed by atoms with E-state index >= 15 is 0 Å². The van der Waals surface area contributed by atoms with Crippen LogP contribution >= 0.6 is 0 Å². The normalized spacial score (nSPS) is 11.0. The number of hydrogen-bond donors (Lipinski definition) is 1. The Balaban J connectivity index is 1.98. The highest BCUT2D eigenvalue weighted by molar-refractivity contribution is 5.67. The molecule has 6 nitrogen and oxygen atoms in total. The van der Waals surface area contributed by atoms with Crippen molar-refractivity contribution in [2.45, 2.75) is 13.3 Å². The van der Waals surface area contributed by atoms with Crippen LogP contribution in [0.5, 0.6) is 5.75 Å². The fraction of sp³-hybridized carbons (Fsp3) is 0.368. The van der Waals surface area contributed by atoms with E-state index in [1.165, 1.54) is 0 Å². The van der Waals surface area contributed by atoms with Gasteiger partial charge in [-0.1, -0.05) is 12.1 Å². The van der Waals surface area contributed by atoms with Gasteiger partial charge < -0.3 is 19.4 Å². The SMILES string of the molecule is CCOc1ccc(/C=C/c2nc(C#N)c(NCCCN(C)C)o2)cc1. The number of oxazole rings is 1. The lowest BCUT2D eigenvalue weighted by atomic mass is 10.2. The number of anilines is 1. The first kappa shape index (κ1) is 18.6. The molecule has 0 aliphatic heterocycles. The molecule has 0 saturated carbocycles. The summed E-state index contributed by atoms with van der Waals surface area (Å²) in [5, 5.41) is 12.3. The zero-order valence-electron chi connectivity index (χ0n) is 15.0. The molecule has 0 bridgehead atoms. The third kappa shape index (κ3) is 5.98. The number of nitriles is 1. The predicted molar refractivity (Wildman–Crippen MR) is 99.4 cm³/mol. The van der Waals surface area contributed by atoms with E-state index in [0.29, 0.717) is 18.4 Å². The van der Waals surface area contributed by atoms with Crippen molar-refractivity contribution in [2.24, 2.45) is 0 Å². The highest BCUT2D eigenvalue weighted by Gasteiger charge is 2.10. The van der Waals surface area contributed by atoms with Crippen LogP contribution in [0.2, 0.25) is 0 Å². The summed E-state index contributed by atoms with van der Waals surface area (Å²) in [6.45, 7) is 4.29. The lowest BCUT2D eigenvalue weighted by molar-refractivity contribution is 0.340. The monoisotopic (exact) mass is 340 g/mol. The van der Waals surface area contributed by atoms with Gasteiger partial charge in [-0.05, 0) is 57.8 Å². The number of benzene rings is 1. The number of nitrogens with zero attached hydrogens (tertiary/aromatic N) is 3. The Morgan fingerprint density at radius 1 is 1.28 bits per heavy atom. The number of ether oxygens (including phenoxy) is 1. The maximum Gasteiger partial charge on any atom is 0.232 e. The maximum absolute atomic E-state index is 9.18. The number of hydrogen-bond acceptors (Lipinski definition) is 6. The van der Waals surface area contributed by atoms with E-state index in [1.807, 2.05) is 51.4 Å². The summed E-state index contributed by atoms with van der Waals surface area (Å²) in [5.74, 6) is 1.67. The van der Waals surface area contributed by atoms with Gasteiger partial charge in [-0.25, -0.2) is 0 Å². The van der Waals surface area contributed by atoms with Crippen LogP contribution in [-0.2, 0) is 0 Å². The van der Waals surface area contributed by atoms with Crippen molar-refractivity contribution in [3.63, 3.8) is 0 Å². The van der Waals surface area contributed by atoms with Crippen molar-refractivity contribution < 1.29 is 9.15 Å². The molecule has 1 aromatic heterocycles. The van der Waals surface area contributed by atoms with Crippen LogP contribution in [0.3, 0.4) is 0 Å². The molecule has 0 radical (unpaired) electrons. The van der Waals surface area contributed by atoms with E-state index in [9.17, 15) is 5.26 Å². The quantitative estimate of drug-likeness (QED) is 0.705. The standard InChI is InChI=1S/C19H24N4O2/c1-4-24-16-9-6-15(7-10-16)8-11-18-22-17(14-20)19(25-18)21-12-5-13-23(2)3/h6-11,21H,4-5,12-13H2,1-3H3/b11-8+. The van der Waals surface area contributed by atoms with Gasteiger partial charge in [0.1, 0.15) is 11.8 Å². The van der Waals surface area contributed by atoms with Gasteiger partial charge in [0.25, 0.3) is 0 Å². The molecule has 0 spiro atoms. The molecule has 0 unspecified atom stereocenters. The third-order valence-electron chi connectivity index (χ3n) is 3.43. The molecular weight excluding hydrogens is 316 g/mol. The van der Waals surface area contributed by atoms with Crippen LogP contribution < -0.4 is 10.1 Å². The molecule has 132 valence electrons. The van der Waals surface area contributed by atoms with E-state index in [0.717, 1.165) is 30.8 Å². The van der Waals surface area contributed by atoms with Gasteiger partial charge >= 0.3 is 0 Å². The summed E-state index contributed by atoms with van der Waals surface area (Å²) in [5.41, 5.74) is 1.27. The van der Waals surface area contributed by atoms with Crippen LogP contribution in [0.25, 0.3) is 12.2 Å². The second-order valence-electron chi connectivity index (χ2n) is 5.76. The molecule has 25 heavy (non-hydrogen) atoms. The van der Waals surface area contributed by atoms with Gasteiger partial charge in [-0.15, -0.1) is 0 Å². The van der Waals surface area contributed by atoms with Crippen molar-refractivity contribution in [2.75, 3.05) is 39.1 Å². The lowest BCUT2D eigenvalue weighted by Crippen LogP contribution is -2.16. The van der Waals surface area contributed by atoms with E-state index in [1.54, 1.807) is 6.08 Å². The van der Waals surface area contributed by atoms with Crippen molar-refractivity contribution in [1.82, 2.24) is 9.88 Å². The Labute approximate surface area is 148 Å². The number of aromatic nitrogens is 1.